The molecule has 1 aliphatic rings. The van der Waals surface area contributed by atoms with E-state index in [0.29, 0.717) is 5.92 Å². The predicted octanol–water partition coefficient (Wildman–Crippen LogP) is 3.70. The van der Waals surface area contributed by atoms with Crippen LogP contribution in [0, 0.1) is 18.8 Å². The van der Waals surface area contributed by atoms with Crippen LogP contribution in [-0.2, 0) is 0 Å². The molecule has 3 heteroatoms. The van der Waals surface area contributed by atoms with Crippen LogP contribution in [0.15, 0.2) is 5.51 Å². The maximum absolute atomic E-state index is 10.4. The van der Waals surface area contributed by atoms with E-state index in [4.69, 9.17) is 0 Å². The van der Waals surface area contributed by atoms with Crippen LogP contribution in [0.3, 0.4) is 0 Å². The third-order valence-corrected chi connectivity index (χ3v) is 4.90. The van der Waals surface area contributed by atoms with Crippen LogP contribution < -0.4 is 0 Å². The van der Waals surface area contributed by atoms with Gasteiger partial charge in [-0.05, 0) is 31.6 Å². The maximum Gasteiger partial charge on any atom is 0.0928 e. The van der Waals surface area contributed by atoms with Crippen LogP contribution in [0.1, 0.15) is 55.7 Å². The molecule has 0 saturated heterocycles. The first-order valence-corrected chi connectivity index (χ1v) is 7.18. The molecule has 3 atom stereocenters. The Morgan fingerprint density at radius 3 is 3.00 bits per heavy atom. The van der Waals surface area contributed by atoms with Crippen molar-refractivity contribution < 1.29 is 5.11 Å². The van der Waals surface area contributed by atoms with Gasteiger partial charge in [0.2, 0.25) is 0 Å². The molecule has 1 heterocycles. The fourth-order valence-corrected chi connectivity index (χ4v) is 3.68. The van der Waals surface area contributed by atoms with Crippen molar-refractivity contribution >= 4 is 11.3 Å². The molecule has 90 valence electrons. The van der Waals surface area contributed by atoms with Gasteiger partial charge in [-0.25, -0.2) is 4.98 Å². The Bertz CT molecular complexity index is 336. The largest absolute Gasteiger partial charge is 0.387 e. The quantitative estimate of drug-likeness (QED) is 0.872. The van der Waals surface area contributed by atoms with Gasteiger partial charge in [-0.3, -0.25) is 0 Å². The highest BCUT2D eigenvalue weighted by molar-refractivity contribution is 7.09. The molecule has 1 fully saturated rings. The van der Waals surface area contributed by atoms with Crippen LogP contribution in [0.5, 0.6) is 0 Å². The van der Waals surface area contributed by atoms with Crippen LogP contribution in [0.4, 0.5) is 0 Å². The molecule has 0 spiro atoms. The maximum atomic E-state index is 10.4. The fraction of sp³-hybridized carbons (Fsp3) is 0.769. The molecule has 1 aliphatic carbocycles. The van der Waals surface area contributed by atoms with E-state index < -0.39 is 0 Å². The lowest BCUT2D eigenvalue weighted by Gasteiger charge is -2.31. The number of aromatic nitrogens is 1. The lowest BCUT2D eigenvalue weighted by atomic mass is 9.77. The second-order valence-electron chi connectivity index (χ2n) is 4.95. The highest BCUT2D eigenvalue weighted by Crippen LogP contribution is 2.40. The van der Waals surface area contributed by atoms with Gasteiger partial charge in [0.25, 0.3) is 0 Å². The Morgan fingerprint density at radius 2 is 2.38 bits per heavy atom. The molecule has 0 aliphatic heterocycles. The van der Waals surface area contributed by atoms with Gasteiger partial charge in [0.15, 0.2) is 0 Å². The van der Waals surface area contributed by atoms with Crippen molar-refractivity contribution in [2.24, 2.45) is 11.8 Å². The lowest BCUT2D eigenvalue weighted by Crippen LogP contribution is -2.21. The Kier molecular flexibility index (Phi) is 3.98. The number of nitrogens with zero attached hydrogens (tertiary/aromatic N) is 1. The number of rotatable bonds is 3. The molecule has 0 aromatic carbocycles. The molecule has 0 bridgehead atoms. The minimum Gasteiger partial charge on any atom is -0.387 e. The third-order valence-electron chi connectivity index (χ3n) is 3.90. The van der Waals surface area contributed by atoms with E-state index in [-0.39, 0.29) is 6.10 Å². The van der Waals surface area contributed by atoms with E-state index in [1.807, 2.05) is 12.4 Å². The molecule has 0 amide bonds. The molecule has 0 radical (unpaired) electrons. The van der Waals surface area contributed by atoms with Crippen LogP contribution in [0.25, 0.3) is 0 Å². The summed E-state index contributed by atoms with van der Waals surface area (Å²) in [6.45, 7) is 4.26. The predicted molar refractivity (Wildman–Crippen MR) is 67.5 cm³/mol. The zero-order chi connectivity index (χ0) is 11.5. The van der Waals surface area contributed by atoms with Crippen LogP contribution in [-0.4, -0.2) is 10.1 Å². The van der Waals surface area contributed by atoms with Gasteiger partial charge in [0.1, 0.15) is 0 Å². The van der Waals surface area contributed by atoms with Crippen molar-refractivity contribution in [2.75, 3.05) is 0 Å². The summed E-state index contributed by atoms with van der Waals surface area (Å²) in [5.74, 6) is 1.28. The summed E-state index contributed by atoms with van der Waals surface area (Å²) in [7, 11) is 0. The minimum absolute atomic E-state index is 0.276. The van der Waals surface area contributed by atoms with Crippen molar-refractivity contribution in [3.05, 3.63) is 16.1 Å². The Balaban J connectivity index is 2.04. The average molecular weight is 239 g/mol. The highest BCUT2D eigenvalue weighted by atomic mass is 32.1. The van der Waals surface area contributed by atoms with Gasteiger partial charge in [-0.1, -0.05) is 26.2 Å². The molecule has 1 aromatic heterocycles. The average Bonchev–Trinajstić information content (AvgIpc) is 2.74. The Labute approximate surface area is 102 Å². The zero-order valence-electron chi connectivity index (χ0n) is 10.1. The fourth-order valence-electron chi connectivity index (χ4n) is 2.80. The van der Waals surface area contributed by atoms with E-state index in [2.05, 4.69) is 11.9 Å². The van der Waals surface area contributed by atoms with E-state index in [9.17, 15) is 5.11 Å². The summed E-state index contributed by atoms with van der Waals surface area (Å²) < 4.78 is 0. The van der Waals surface area contributed by atoms with Gasteiger partial charge < -0.3 is 5.11 Å². The van der Waals surface area contributed by atoms with Crippen LogP contribution in [0.2, 0.25) is 0 Å². The SMILES string of the molecule is CCC1CCCC(C(O)c2scnc2C)C1. The van der Waals surface area contributed by atoms with E-state index in [0.717, 1.165) is 16.5 Å². The molecular weight excluding hydrogens is 218 g/mol. The monoisotopic (exact) mass is 239 g/mol. The van der Waals surface area contributed by atoms with Gasteiger partial charge in [-0.15, -0.1) is 11.3 Å². The molecule has 2 rings (SSSR count). The highest BCUT2D eigenvalue weighted by Gasteiger charge is 2.29. The number of aryl methyl sites for hydroxylation is 1. The van der Waals surface area contributed by atoms with Crippen molar-refractivity contribution in [1.82, 2.24) is 4.98 Å². The number of aliphatic hydroxyl groups excluding tert-OH is 1. The topological polar surface area (TPSA) is 33.1 Å². The number of aliphatic hydroxyl groups is 1. The van der Waals surface area contributed by atoms with Crippen molar-refractivity contribution in [1.29, 1.82) is 0 Å². The van der Waals surface area contributed by atoms with Gasteiger partial charge >= 0.3 is 0 Å². The molecule has 3 unspecified atom stereocenters. The second kappa shape index (κ2) is 5.28. The summed E-state index contributed by atoms with van der Waals surface area (Å²) in [5, 5.41) is 10.4. The summed E-state index contributed by atoms with van der Waals surface area (Å²) in [6.07, 6.45) is 5.97. The molecule has 2 nitrogen and oxygen atoms in total. The van der Waals surface area contributed by atoms with Gasteiger partial charge in [0, 0.05) is 0 Å². The van der Waals surface area contributed by atoms with E-state index in [1.54, 1.807) is 11.3 Å². The standard InChI is InChI=1S/C13H21NOS/c1-3-10-5-4-6-11(7-10)12(15)13-9(2)14-8-16-13/h8,10-12,15H,3-7H2,1-2H3. The first kappa shape index (κ1) is 12.1. The summed E-state index contributed by atoms with van der Waals surface area (Å²) in [4.78, 5) is 5.32. The smallest absolute Gasteiger partial charge is 0.0928 e. The van der Waals surface area contributed by atoms with Crippen molar-refractivity contribution in [3.63, 3.8) is 0 Å². The third kappa shape index (κ3) is 2.46. The summed E-state index contributed by atoms with van der Waals surface area (Å²) in [6, 6.07) is 0. The molecule has 16 heavy (non-hydrogen) atoms. The van der Waals surface area contributed by atoms with E-state index >= 15 is 0 Å². The van der Waals surface area contributed by atoms with Crippen molar-refractivity contribution in [3.8, 4) is 0 Å². The van der Waals surface area contributed by atoms with Gasteiger partial charge in [-0.2, -0.15) is 0 Å². The zero-order valence-corrected chi connectivity index (χ0v) is 11.0. The minimum atomic E-state index is -0.276. The molecular formula is C13H21NOS. The van der Waals surface area contributed by atoms with Crippen LogP contribution >= 0.6 is 11.3 Å². The Morgan fingerprint density at radius 1 is 1.56 bits per heavy atom. The lowest BCUT2D eigenvalue weighted by molar-refractivity contribution is 0.0699. The van der Waals surface area contributed by atoms with Crippen molar-refractivity contribution in [2.45, 2.75) is 52.1 Å². The molecule has 1 aromatic rings. The summed E-state index contributed by atoms with van der Waals surface area (Å²) in [5.41, 5.74) is 2.85. The Hall–Kier alpha value is -0.410. The first-order chi connectivity index (χ1) is 7.72. The first-order valence-electron chi connectivity index (χ1n) is 6.30. The van der Waals surface area contributed by atoms with Gasteiger partial charge in [0.05, 0.1) is 22.2 Å². The normalized spacial score (nSPS) is 27.9. The molecule has 1 saturated carbocycles. The molecule has 1 N–H and O–H groups in total. The number of thiazole rings is 1. The number of hydrogen-bond acceptors (Lipinski definition) is 3. The second-order valence-corrected chi connectivity index (χ2v) is 5.83. The summed E-state index contributed by atoms with van der Waals surface area (Å²) >= 11 is 1.60. The number of hydrogen-bond donors (Lipinski definition) is 1. The van der Waals surface area contributed by atoms with E-state index in [1.165, 1.54) is 32.1 Å².